The topological polar surface area (TPSA) is 80.2 Å². The standard InChI is InChI=1S/C11H11N5O2S/c17-11(14-10-6-13-19-15-10)16-4-5-18-9-2-1-3-12-8(9)7-16/h1-3,6H,4-5,7H2,(H,14,15,17). The molecule has 2 aromatic heterocycles. The molecule has 0 bridgehead atoms. The van der Waals surface area contributed by atoms with Crippen LogP contribution in [0, 0.1) is 0 Å². The molecule has 0 fully saturated rings. The Morgan fingerprint density at radius 1 is 1.53 bits per heavy atom. The number of carbonyl (C=O) groups excluding carboxylic acids is 1. The van der Waals surface area contributed by atoms with Crippen LogP contribution < -0.4 is 10.1 Å². The van der Waals surface area contributed by atoms with E-state index in [-0.39, 0.29) is 6.03 Å². The molecule has 19 heavy (non-hydrogen) atoms. The van der Waals surface area contributed by atoms with Gasteiger partial charge in [0.25, 0.3) is 0 Å². The zero-order valence-corrected chi connectivity index (χ0v) is 10.8. The van der Waals surface area contributed by atoms with E-state index < -0.39 is 0 Å². The molecule has 0 radical (unpaired) electrons. The highest BCUT2D eigenvalue weighted by Crippen LogP contribution is 2.20. The number of nitrogens with zero attached hydrogens (tertiary/aromatic N) is 4. The molecule has 1 aliphatic rings. The summed E-state index contributed by atoms with van der Waals surface area (Å²) >= 11 is 1.05. The van der Waals surface area contributed by atoms with E-state index in [1.54, 1.807) is 11.1 Å². The van der Waals surface area contributed by atoms with Crippen LogP contribution in [-0.4, -0.2) is 37.8 Å². The molecular formula is C11H11N5O2S. The van der Waals surface area contributed by atoms with Crippen LogP contribution in [0.4, 0.5) is 10.6 Å². The molecule has 3 rings (SSSR count). The number of ether oxygens (including phenoxy) is 1. The fourth-order valence-electron chi connectivity index (χ4n) is 1.78. The predicted octanol–water partition coefficient (Wildman–Crippen LogP) is 1.36. The maximum atomic E-state index is 12.1. The number of hydrogen-bond donors (Lipinski definition) is 1. The van der Waals surface area contributed by atoms with Crippen LogP contribution in [0.15, 0.2) is 24.5 Å². The van der Waals surface area contributed by atoms with Gasteiger partial charge in [-0.05, 0) is 12.1 Å². The first kappa shape index (κ1) is 11.8. The molecule has 98 valence electrons. The average molecular weight is 277 g/mol. The molecule has 2 amide bonds. The van der Waals surface area contributed by atoms with Crippen molar-refractivity contribution in [3.63, 3.8) is 0 Å². The molecule has 0 aromatic carbocycles. The molecule has 7 nitrogen and oxygen atoms in total. The van der Waals surface area contributed by atoms with Crippen LogP contribution in [0.3, 0.4) is 0 Å². The summed E-state index contributed by atoms with van der Waals surface area (Å²) in [7, 11) is 0. The van der Waals surface area contributed by atoms with Crippen molar-refractivity contribution in [2.24, 2.45) is 0 Å². The van der Waals surface area contributed by atoms with Gasteiger partial charge in [0, 0.05) is 6.20 Å². The third-order valence-corrected chi connectivity index (χ3v) is 3.17. The average Bonchev–Trinajstić information content (AvgIpc) is 2.82. The second-order valence-electron chi connectivity index (χ2n) is 3.94. The molecular weight excluding hydrogens is 266 g/mol. The van der Waals surface area contributed by atoms with Gasteiger partial charge in [-0.15, -0.1) is 0 Å². The summed E-state index contributed by atoms with van der Waals surface area (Å²) in [4.78, 5) is 18.0. The summed E-state index contributed by atoms with van der Waals surface area (Å²) in [5, 5.41) is 2.69. The van der Waals surface area contributed by atoms with E-state index in [0.29, 0.717) is 25.5 Å². The van der Waals surface area contributed by atoms with Crippen LogP contribution in [0.5, 0.6) is 5.75 Å². The van der Waals surface area contributed by atoms with E-state index in [4.69, 9.17) is 4.74 Å². The molecule has 1 N–H and O–H groups in total. The molecule has 3 heterocycles. The minimum Gasteiger partial charge on any atom is -0.490 e. The minimum absolute atomic E-state index is 0.227. The van der Waals surface area contributed by atoms with Crippen molar-refractivity contribution in [3.8, 4) is 5.75 Å². The van der Waals surface area contributed by atoms with Crippen molar-refractivity contribution < 1.29 is 9.53 Å². The number of anilines is 1. The first-order valence-electron chi connectivity index (χ1n) is 5.73. The third kappa shape index (κ3) is 2.63. The smallest absolute Gasteiger partial charge is 0.323 e. The fraction of sp³-hybridized carbons (Fsp3) is 0.273. The predicted molar refractivity (Wildman–Crippen MR) is 69.1 cm³/mol. The Bertz CT molecular complexity index is 574. The Morgan fingerprint density at radius 2 is 2.47 bits per heavy atom. The highest BCUT2D eigenvalue weighted by molar-refractivity contribution is 6.99. The number of amides is 2. The third-order valence-electron chi connectivity index (χ3n) is 2.69. The summed E-state index contributed by atoms with van der Waals surface area (Å²) in [6, 6.07) is 3.44. The van der Waals surface area contributed by atoms with Crippen LogP contribution in [0.2, 0.25) is 0 Å². The zero-order chi connectivity index (χ0) is 13.1. The molecule has 8 heteroatoms. The lowest BCUT2D eigenvalue weighted by Crippen LogP contribution is -2.36. The maximum absolute atomic E-state index is 12.1. The summed E-state index contributed by atoms with van der Waals surface area (Å²) < 4.78 is 13.3. The molecule has 0 saturated carbocycles. The van der Waals surface area contributed by atoms with Crippen LogP contribution in [0.1, 0.15) is 5.69 Å². The van der Waals surface area contributed by atoms with Crippen molar-refractivity contribution in [2.75, 3.05) is 18.5 Å². The van der Waals surface area contributed by atoms with Gasteiger partial charge in [0.1, 0.15) is 18.1 Å². The van der Waals surface area contributed by atoms with Gasteiger partial charge in [0.2, 0.25) is 0 Å². The maximum Gasteiger partial charge on any atom is 0.323 e. The lowest BCUT2D eigenvalue weighted by molar-refractivity contribution is 0.200. The van der Waals surface area contributed by atoms with E-state index in [0.717, 1.165) is 23.2 Å². The van der Waals surface area contributed by atoms with E-state index in [1.165, 1.54) is 6.20 Å². The van der Waals surface area contributed by atoms with Gasteiger partial charge in [0.15, 0.2) is 5.82 Å². The molecule has 0 atom stereocenters. The first-order chi connectivity index (χ1) is 9.33. The highest BCUT2D eigenvalue weighted by atomic mass is 32.1. The number of urea groups is 1. The summed E-state index contributed by atoms with van der Waals surface area (Å²) in [5.74, 6) is 1.19. The monoisotopic (exact) mass is 277 g/mol. The minimum atomic E-state index is -0.227. The Balaban J connectivity index is 1.73. The molecule has 0 saturated heterocycles. The number of fused-ring (bicyclic) bond motifs is 1. The quantitative estimate of drug-likeness (QED) is 0.851. The van der Waals surface area contributed by atoms with Crippen LogP contribution in [0.25, 0.3) is 0 Å². The number of carbonyl (C=O) groups is 1. The van der Waals surface area contributed by atoms with Gasteiger partial charge in [0.05, 0.1) is 31.0 Å². The molecule has 0 aliphatic carbocycles. The van der Waals surface area contributed by atoms with Gasteiger partial charge >= 0.3 is 6.03 Å². The number of aromatic nitrogens is 3. The number of rotatable bonds is 1. The van der Waals surface area contributed by atoms with Gasteiger partial charge in [-0.3, -0.25) is 10.3 Å². The normalized spacial score (nSPS) is 14.2. The largest absolute Gasteiger partial charge is 0.490 e. The van der Waals surface area contributed by atoms with Crippen molar-refractivity contribution in [3.05, 3.63) is 30.2 Å². The van der Waals surface area contributed by atoms with Crippen LogP contribution in [-0.2, 0) is 6.54 Å². The lowest BCUT2D eigenvalue weighted by Gasteiger charge is -2.18. The second kappa shape index (κ2) is 5.19. The molecule has 1 aliphatic heterocycles. The number of pyridine rings is 1. The van der Waals surface area contributed by atoms with Crippen molar-refractivity contribution >= 4 is 23.6 Å². The number of hydrogen-bond acceptors (Lipinski definition) is 6. The summed E-state index contributed by atoms with van der Waals surface area (Å²) in [6.45, 7) is 1.36. The Kier molecular flexibility index (Phi) is 3.23. The lowest BCUT2D eigenvalue weighted by atomic mass is 10.3. The van der Waals surface area contributed by atoms with Crippen LogP contribution >= 0.6 is 11.7 Å². The zero-order valence-electron chi connectivity index (χ0n) is 9.94. The van der Waals surface area contributed by atoms with Gasteiger partial charge < -0.3 is 9.64 Å². The van der Waals surface area contributed by atoms with Gasteiger partial charge in [-0.1, -0.05) is 0 Å². The SMILES string of the molecule is O=C(Nc1cnsn1)N1CCOc2cccnc2C1. The first-order valence-corrected chi connectivity index (χ1v) is 6.46. The van der Waals surface area contributed by atoms with Gasteiger partial charge in [-0.2, -0.15) is 8.75 Å². The second-order valence-corrected chi connectivity index (χ2v) is 4.50. The van der Waals surface area contributed by atoms with E-state index >= 15 is 0 Å². The summed E-state index contributed by atoms with van der Waals surface area (Å²) in [6.07, 6.45) is 3.21. The van der Waals surface area contributed by atoms with E-state index in [1.807, 2.05) is 12.1 Å². The Morgan fingerprint density at radius 3 is 3.32 bits per heavy atom. The van der Waals surface area contributed by atoms with E-state index in [9.17, 15) is 4.79 Å². The molecule has 0 spiro atoms. The molecule has 2 aromatic rings. The fourth-order valence-corrected chi connectivity index (χ4v) is 2.16. The highest BCUT2D eigenvalue weighted by Gasteiger charge is 2.20. The van der Waals surface area contributed by atoms with Gasteiger partial charge in [-0.25, -0.2) is 4.79 Å². The van der Waals surface area contributed by atoms with Crippen molar-refractivity contribution in [2.45, 2.75) is 6.54 Å². The van der Waals surface area contributed by atoms with Crippen molar-refractivity contribution in [1.29, 1.82) is 0 Å². The number of nitrogens with one attached hydrogen (secondary N) is 1. The Hall–Kier alpha value is -2.22. The molecule has 0 unspecified atom stereocenters. The Labute approximate surface area is 113 Å². The van der Waals surface area contributed by atoms with E-state index in [2.05, 4.69) is 19.0 Å². The summed E-state index contributed by atoms with van der Waals surface area (Å²) in [5.41, 5.74) is 0.756. The van der Waals surface area contributed by atoms with Crippen molar-refractivity contribution in [1.82, 2.24) is 18.6 Å².